The van der Waals surface area contributed by atoms with Crippen molar-refractivity contribution in [1.29, 1.82) is 0 Å². The maximum atomic E-state index is 14.1. The molecule has 0 spiro atoms. The number of nitrogens with zero attached hydrogens (tertiary/aromatic N) is 1. The van der Waals surface area contributed by atoms with E-state index in [1.54, 1.807) is 19.1 Å². The third kappa shape index (κ3) is 3.85. The van der Waals surface area contributed by atoms with Crippen LogP contribution in [0, 0.1) is 18.7 Å². The highest BCUT2D eigenvalue weighted by Crippen LogP contribution is 2.30. The van der Waals surface area contributed by atoms with Crippen LogP contribution in [-0.2, 0) is 9.59 Å². The van der Waals surface area contributed by atoms with Gasteiger partial charge in [-0.1, -0.05) is 42.5 Å². The molecule has 5 rings (SSSR count). The summed E-state index contributed by atoms with van der Waals surface area (Å²) in [5, 5.41) is 0.367. The third-order valence-corrected chi connectivity index (χ3v) is 5.92. The summed E-state index contributed by atoms with van der Waals surface area (Å²) >= 11 is 0. The number of hydrogen-bond donors (Lipinski definition) is 0. The van der Waals surface area contributed by atoms with E-state index in [9.17, 15) is 18.8 Å². The van der Waals surface area contributed by atoms with Gasteiger partial charge in [-0.3, -0.25) is 14.4 Å². The summed E-state index contributed by atoms with van der Waals surface area (Å²) in [6.45, 7) is 1.74. The minimum Gasteiger partial charge on any atom is -0.460 e. The molecule has 0 radical (unpaired) electrons. The van der Waals surface area contributed by atoms with Gasteiger partial charge in [-0.2, -0.15) is 0 Å². The minimum absolute atomic E-state index is 0.0286. The van der Waals surface area contributed by atoms with Crippen molar-refractivity contribution in [2.45, 2.75) is 13.3 Å². The van der Waals surface area contributed by atoms with Gasteiger partial charge in [0.05, 0.1) is 22.6 Å². The van der Waals surface area contributed by atoms with Gasteiger partial charge in [0.25, 0.3) is 0 Å². The molecule has 1 aliphatic rings. The third-order valence-electron chi connectivity index (χ3n) is 5.92. The number of ether oxygens (including phenoxy) is 1. The zero-order valence-corrected chi connectivity index (χ0v) is 18.3. The highest BCUT2D eigenvalue weighted by Gasteiger charge is 2.37. The summed E-state index contributed by atoms with van der Waals surface area (Å²) in [4.78, 5) is 39.5. The molecule has 2 heterocycles. The van der Waals surface area contributed by atoms with Crippen molar-refractivity contribution < 1.29 is 23.1 Å². The summed E-state index contributed by atoms with van der Waals surface area (Å²) in [6.07, 6.45) is -0.0740. The molecule has 0 N–H and O–H groups in total. The van der Waals surface area contributed by atoms with Gasteiger partial charge in [-0.15, -0.1) is 0 Å². The Hall–Kier alpha value is -4.26. The van der Waals surface area contributed by atoms with Crippen LogP contribution in [0.5, 0.6) is 5.75 Å². The van der Waals surface area contributed by atoms with Crippen LogP contribution in [0.2, 0.25) is 0 Å². The number of para-hydroxylation sites is 1. The number of carbonyl (C=O) groups excluding carboxylic acids is 2. The molecule has 170 valence electrons. The fraction of sp³-hybridized carbons (Fsp3) is 0.148. The van der Waals surface area contributed by atoms with Crippen LogP contribution in [0.3, 0.4) is 0 Å². The lowest BCUT2D eigenvalue weighted by Crippen LogP contribution is -2.28. The van der Waals surface area contributed by atoms with E-state index in [0.29, 0.717) is 22.3 Å². The normalized spacial score (nSPS) is 15.6. The molecule has 3 aromatic carbocycles. The SMILES string of the molecule is Cc1oc2cc(OC(=O)C3CC(=O)N(c4ccccc4F)C3)ccc2c(=O)c1-c1ccccc1. The molecule has 1 atom stereocenters. The standard InChI is InChI=1S/C27H20FNO5/c1-16-25(17-7-3-2-4-8-17)26(31)20-12-11-19(14-23(20)33-16)34-27(32)18-13-24(30)29(15-18)22-10-6-5-9-21(22)28/h2-12,14,18H,13,15H2,1H3. The molecule has 1 aliphatic heterocycles. The number of amides is 1. The van der Waals surface area contributed by atoms with Crippen molar-refractivity contribution in [2.75, 3.05) is 11.4 Å². The molecule has 6 nitrogen and oxygen atoms in total. The second kappa shape index (κ2) is 8.59. The lowest BCUT2D eigenvalue weighted by Gasteiger charge is -2.17. The number of fused-ring (bicyclic) bond motifs is 1. The van der Waals surface area contributed by atoms with Gasteiger partial charge in [-0.25, -0.2) is 4.39 Å². The summed E-state index contributed by atoms with van der Waals surface area (Å²) in [6, 6.07) is 19.7. The number of esters is 1. The molecular formula is C27H20FNO5. The van der Waals surface area contributed by atoms with E-state index in [4.69, 9.17) is 9.15 Å². The highest BCUT2D eigenvalue weighted by molar-refractivity contribution is 6.00. The topological polar surface area (TPSA) is 76.8 Å². The van der Waals surface area contributed by atoms with E-state index < -0.39 is 17.7 Å². The molecule has 0 aliphatic carbocycles. The Kier molecular flexibility index (Phi) is 5.45. The van der Waals surface area contributed by atoms with Crippen LogP contribution in [0.15, 0.2) is 82.0 Å². The van der Waals surface area contributed by atoms with Gasteiger partial charge in [0.15, 0.2) is 0 Å². The van der Waals surface area contributed by atoms with E-state index in [1.165, 1.54) is 35.2 Å². The molecular weight excluding hydrogens is 437 g/mol. The minimum atomic E-state index is -0.739. The Labute approximate surface area is 194 Å². The number of hydrogen-bond acceptors (Lipinski definition) is 5. The molecule has 0 saturated carbocycles. The van der Waals surface area contributed by atoms with Crippen LogP contribution >= 0.6 is 0 Å². The summed E-state index contributed by atoms with van der Waals surface area (Å²) in [7, 11) is 0. The van der Waals surface area contributed by atoms with Crippen LogP contribution in [0.1, 0.15) is 12.2 Å². The second-order valence-corrected chi connectivity index (χ2v) is 8.16. The summed E-state index contributed by atoms with van der Waals surface area (Å²) < 4.78 is 25.5. The molecule has 1 aromatic heterocycles. The molecule has 1 saturated heterocycles. The van der Waals surface area contributed by atoms with Crippen molar-refractivity contribution in [2.24, 2.45) is 5.92 Å². The first-order chi connectivity index (χ1) is 16.4. The number of carbonyl (C=O) groups is 2. The monoisotopic (exact) mass is 457 g/mol. The van der Waals surface area contributed by atoms with Crippen molar-refractivity contribution >= 4 is 28.5 Å². The van der Waals surface area contributed by atoms with Gasteiger partial charge in [0.1, 0.15) is 22.9 Å². The van der Waals surface area contributed by atoms with Gasteiger partial charge in [0.2, 0.25) is 11.3 Å². The Morgan fingerprint density at radius 2 is 1.76 bits per heavy atom. The number of rotatable bonds is 4. The highest BCUT2D eigenvalue weighted by atomic mass is 19.1. The van der Waals surface area contributed by atoms with E-state index in [1.807, 2.05) is 30.3 Å². The fourth-order valence-electron chi connectivity index (χ4n) is 4.26. The quantitative estimate of drug-likeness (QED) is 0.323. The Bertz CT molecular complexity index is 1480. The first-order valence-corrected chi connectivity index (χ1v) is 10.8. The molecule has 1 fully saturated rings. The van der Waals surface area contributed by atoms with Crippen LogP contribution in [0.4, 0.5) is 10.1 Å². The van der Waals surface area contributed by atoms with Crippen LogP contribution in [-0.4, -0.2) is 18.4 Å². The van der Waals surface area contributed by atoms with Gasteiger partial charge in [0, 0.05) is 19.0 Å². The first-order valence-electron chi connectivity index (χ1n) is 10.8. The van der Waals surface area contributed by atoms with Gasteiger partial charge in [-0.05, 0) is 36.8 Å². The smallest absolute Gasteiger partial charge is 0.316 e. The molecule has 1 unspecified atom stereocenters. The predicted molar refractivity (Wildman–Crippen MR) is 125 cm³/mol. The Morgan fingerprint density at radius 3 is 2.53 bits per heavy atom. The zero-order valence-electron chi connectivity index (χ0n) is 18.3. The van der Waals surface area contributed by atoms with Crippen molar-refractivity contribution in [3.63, 3.8) is 0 Å². The fourth-order valence-corrected chi connectivity index (χ4v) is 4.26. The van der Waals surface area contributed by atoms with Crippen molar-refractivity contribution in [1.82, 2.24) is 0 Å². The van der Waals surface area contributed by atoms with E-state index in [0.717, 1.165) is 5.56 Å². The number of benzene rings is 3. The van der Waals surface area contributed by atoms with E-state index >= 15 is 0 Å². The van der Waals surface area contributed by atoms with Crippen LogP contribution in [0.25, 0.3) is 22.1 Å². The maximum Gasteiger partial charge on any atom is 0.316 e. The van der Waals surface area contributed by atoms with Gasteiger partial charge < -0.3 is 14.1 Å². The molecule has 34 heavy (non-hydrogen) atoms. The van der Waals surface area contributed by atoms with E-state index in [2.05, 4.69) is 0 Å². The lowest BCUT2D eigenvalue weighted by atomic mass is 10.0. The number of halogens is 1. The average Bonchev–Trinajstić information content (AvgIpc) is 3.21. The Morgan fingerprint density at radius 1 is 1.03 bits per heavy atom. The number of aryl methyl sites for hydroxylation is 1. The Balaban J connectivity index is 1.38. The first kappa shape index (κ1) is 21.6. The lowest BCUT2D eigenvalue weighted by molar-refractivity contribution is -0.139. The maximum absolute atomic E-state index is 14.1. The van der Waals surface area contributed by atoms with Crippen molar-refractivity contribution in [3.05, 3.63) is 94.6 Å². The summed E-state index contributed by atoms with van der Waals surface area (Å²) in [5.41, 5.74) is 1.50. The molecule has 1 amide bonds. The van der Waals surface area contributed by atoms with E-state index in [-0.39, 0.29) is 35.7 Å². The summed E-state index contributed by atoms with van der Waals surface area (Å²) in [5.74, 6) is -1.57. The number of anilines is 1. The molecule has 7 heteroatoms. The molecule has 0 bridgehead atoms. The predicted octanol–water partition coefficient (Wildman–Crippen LogP) is 4.87. The largest absolute Gasteiger partial charge is 0.460 e. The van der Waals surface area contributed by atoms with Crippen molar-refractivity contribution in [3.8, 4) is 16.9 Å². The molecule has 4 aromatic rings. The average molecular weight is 457 g/mol. The second-order valence-electron chi connectivity index (χ2n) is 8.16. The zero-order chi connectivity index (χ0) is 23.8. The van der Waals surface area contributed by atoms with Gasteiger partial charge >= 0.3 is 5.97 Å². The van der Waals surface area contributed by atoms with Crippen LogP contribution < -0.4 is 15.1 Å².